The van der Waals surface area contributed by atoms with E-state index in [0.29, 0.717) is 6.61 Å². The van der Waals surface area contributed by atoms with Gasteiger partial charge < -0.3 is 10.5 Å². The topological polar surface area (TPSA) is 61.0 Å². The predicted molar refractivity (Wildman–Crippen MR) is 74.9 cm³/mol. The van der Waals surface area contributed by atoms with E-state index in [1.54, 1.807) is 12.4 Å². The minimum Gasteiger partial charge on any atom is -0.492 e. The van der Waals surface area contributed by atoms with E-state index in [2.05, 4.69) is 9.97 Å². The summed E-state index contributed by atoms with van der Waals surface area (Å²) in [7, 11) is 0. The second-order valence-electron chi connectivity index (χ2n) is 4.35. The van der Waals surface area contributed by atoms with Gasteiger partial charge in [-0.3, -0.25) is 9.97 Å². The molecular weight excluding hydrogens is 238 g/mol. The smallest absolute Gasteiger partial charge is 0.137 e. The monoisotopic (exact) mass is 257 g/mol. The largest absolute Gasteiger partial charge is 0.492 e. The summed E-state index contributed by atoms with van der Waals surface area (Å²) >= 11 is 0. The average Bonchev–Trinajstić information content (AvgIpc) is 2.48. The van der Waals surface area contributed by atoms with Crippen LogP contribution < -0.4 is 10.5 Å². The van der Waals surface area contributed by atoms with Crippen molar-refractivity contribution in [2.24, 2.45) is 5.73 Å². The van der Waals surface area contributed by atoms with Crippen LogP contribution in [0.15, 0.2) is 42.7 Å². The highest BCUT2D eigenvalue weighted by Gasteiger charge is 2.04. The van der Waals surface area contributed by atoms with E-state index in [1.807, 2.05) is 37.3 Å². The third-order valence-corrected chi connectivity index (χ3v) is 2.93. The molecular formula is C15H19N3O. The Morgan fingerprint density at radius 1 is 1.21 bits per heavy atom. The van der Waals surface area contributed by atoms with Crippen molar-refractivity contribution in [3.8, 4) is 5.75 Å². The second kappa shape index (κ2) is 6.85. The van der Waals surface area contributed by atoms with E-state index in [9.17, 15) is 0 Å². The Morgan fingerprint density at radius 3 is 2.74 bits per heavy atom. The van der Waals surface area contributed by atoms with Crippen molar-refractivity contribution in [1.29, 1.82) is 0 Å². The lowest BCUT2D eigenvalue weighted by Crippen LogP contribution is -2.10. The third kappa shape index (κ3) is 4.03. The summed E-state index contributed by atoms with van der Waals surface area (Å²) in [6.07, 6.45) is 5.19. The maximum Gasteiger partial charge on any atom is 0.137 e. The van der Waals surface area contributed by atoms with Crippen LogP contribution in [0.4, 0.5) is 0 Å². The number of hydrogen-bond acceptors (Lipinski definition) is 4. The van der Waals surface area contributed by atoms with Gasteiger partial charge in [0.15, 0.2) is 0 Å². The molecule has 0 amide bonds. The average molecular weight is 257 g/mol. The predicted octanol–water partition coefficient (Wildman–Crippen LogP) is 2.51. The molecule has 0 bridgehead atoms. The van der Waals surface area contributed by atoms with Crippen molar-refractivity contribution in [2.45, 2.75) is 25.8 Å². The summed E-state index contributed by atoms with van der Waals surface area (Å²) in [5.74, 6) is 0.767. The summed E-state index contributed by atoms with van der Waals surface area (Å²) in [5.41, 5.74) is 7.84. The van der Waals surface area contributed by atoms with Gasteiger partial charge in [-0.15, -0.1) is 0 Å². The van der Waals surface area contributed by atoms with Gasteiger partial charge in [0.25, 0.3) is 0 Å². The normalized spacial score (nSPS) is 12.1. The molecule has 0 radical (unpaired) electrons. The Bertz CT molecular complexity index is 485. The molecule has 2 aromatic rings. The molecule has 4 heteroatoms. The lowest BCUT2D eigenvalue weighted by molar-refractivity contribution is 0.319. The van der Waals surface area contributed by atoms with Crippen molar-refractivity contribution >= 4 is 0 Å². The molecule has 0 aliphatic heterocycles. The van der Waals surface area contributed by atoms with Crippen LogP contribution in [0.3, 0.4) is 0 Å². The molecule has 1 atom stereocenters. The zero-order valence-corrected chi connectivity index (χ0v) is 11.1. The van der Waals surface area contributed by atoms with Crippen LogP contribution >= 0.6 is 0 Å². The van der Waals surface area contributed by atoms with Gasteiger partial charge in [0, 0.05) is 24.4 Å². The van der Waals surface area contributed by atoms with Gasteiger partial charge in [0.05, 0.1) is 18.5 Å². The SMILES string of the molecule is CC[C@@H](N)c1ccc(OCCc2ccccn2)cn1. The van der Waals surface area contributed by atoms with Gasteiger partial charge in [0.1, 0.15) is 5.75 Å². The van der Waals surface area contributed by atoms with Gasteiger partial charge in [-0.2, -0.15) is 0 Å². The maximum absolute atomic E-state index is 5.91. The molecule has 0 saturated carbocycles. The van der Waals surface area contributed by atoms with Gasteiger partial charge in [-0.25, -0.2) is 0 Å². The van der Waals surface area contributed by atoms with Gasteiger partial charge in [0.2, 0.25) is 0 Å². The molecule has 2 aromatic heterocycles. The molecule has 0 aliphatic rings. The van der Waals surface area contributed by atoms with E-state index in [0.717, 1.165) is 30.0 Å². The highest BCUT2D eigenvalue weighted by molar-refractivity contribution is 5.21. The number of rotatable bonds is 6. The van der Waals surface area contributed by atoms with E-state index in [4.69, 9.17) is 10.5 Å². The van der Waals surface area contributed by atoms with Crippen LogP contribution in [0.2, 0.25) is 0 Å². The Labute approximate surface area is 113 Å². The van der Waals surface area contributed by atoms with Crippen LogP contribution in [-0.2, 0) is 6.42 Å². The third-order valence-electron chi connectivity index (χ3n) is 2.93. The fourth-order valence-electron chi connectivity index (χ4n) is 1.73. The molecule has 0 fully saturated rings. The lowest BCUT2D eigenvalue weighted by atomic mass is 10.1. The first-order valence-electron chi connectivity index (χ1n) is 6.54. The molecule has 0 spiro atoms. The first-order chi connectivity index (χ1) is 9.29. The van der Waals surface area contributed by atoms with E-state index >= 15 is 0 Å². The Balaban J connectivity index is 1.83. The lowest BCUT2D eigenvalue weighted by Gasteiger charge is -2.09. The number of hydrogen-bond donors (Lipinski definition) is 1. The standard InChI is InChI=1S/C15H19N3O/c1-2-14(16)15-7-6-13(11-18-15)19-10-8-12-5-3-4-9-17-12/h3-7,9,11,14H,2,8,10,16H2,1H3/t14-/m1/s1. The molecule has 0 aliphatic carbocycles. The highest BCUT2D eigenvalue weighted by atomic mass is 16.5. The molecule has 0 aromatic carbocycles. The molecule has 2 rings (SSSR count). The number of nitrogens with zero attached hydrogens (tertiary/aromatic N) is 2. The van der Waals surface area contributed by atoms with Crippen LogP contribution in [0.1, 0.15) is 30.8 Å². The van der Waals surface area contributed by atoms with Gasteiger partial charge in [-0.1, -0.05) is 13.0 Å². The van der Waals surface area contributed by atoms with Crippen molar-refractivity contribution < 1.29 is 4.74 Å². The molecule has 0 saturated heterocycles. The van der Waals surface area contributed by atoms with Crippen molar-refractivity contribution in [3.05, 3.63) is 54.1 Å². The van der Waals surface area contributed by atoms with Crippen molar-refractivity contribution in [3.63, 3.8) is 0 Å². The Hall–Kier alpha value is -1.94. The first kappa shape index (κ1) is 13.5. The number of nitrogens with two attached hydrogens (primary N) is 1. The Kier molecular flexibility index (Phi) is 4.86. The van der Waals surface area contributed by atoms with Crippen LogP contribution in [0.5, 0.6) is 5.75 Å². The number of pyridine rings is 2. The van der Waals surface area contributed by atoms with Crippen molar-refractivity contribution in [2.75, 3.05) is 6.61 Å². The summed E-state index contributed by atoms with van der Waals surface area (Å²) in [4.78, 5) is 8.56. The number of ether oxygens (including phenoxy) is 1. The molecule has 2 heterocycles. The summed E-state index contributed by atoms with van der Waals surface area (Å²) in [5, 5.41) is 0. The maximum atomic E-state index is 5.91. The molecule has 0 unspecified atom stereocenters. The fraction of sp³-hybridized carbons (Fsp3) is 0.333. The Morgan fingerprint density at radius 2 is 2.11 bits per heavy atom. The minimum absolute atomic E-state index is 0.00238. The van der Waals surface area contributed by atoms with Crippen LogP contribution in [-0.4, -0.2) is 16.6 Å². The first-order valence-corrected chi connectivity index (χ1v) is 6.54. The molecule has 2 N–H and O–H groups in total. The van der Waals surface area contributed by atoms with E-state index in [1.165, 1.54) is 0 Å². The zero-order chi connectivity index (χ0) is 13.5. The van der Waals surface area contributed by atoms with Crippen LogP contribution in [0.25, 0.3) is 0 Å². The summed E-state index contributed by atoms with van der Waals surface area (Å²) in [6, 6.07) is 9.71. The van der Waals surface area contributed by atoms with Gasteiger partial charge >= 0.3 is 0 Å². The fourth-order valence-corrected chi connectivity index (χ4v) is 1.73. The zero-order valence-electron chi connectivity index (χ0n) is 11.1. The second-order valence-corrected chi connectivity index (χ2v) is 4.35. The minimum atomic E-state index is 0.00238. The highest BCUT2D eigenvalue weighted by Crippen LogP contribution is 2.15. The summed E-state index contributed by atoms with van der Waals surface area (Å²) < 4.78 is 5.63. The van der Waals surface area contributed by atoms with Crippen LogP contribution in [0, 0.1) is 0 Å². The van der Waals surface area contributed by atoms with Gasteiger partial charge in [-0.05, 0) is 30.7 Å². The van der Waals surface area contributed by atoms with E-state index < -0.39 is 0 Å². The summed E-state index contributed by atoms with van der Waals surface area (Å²) in [6.45, 7) is 2.64. The van der Waals surface area contributed by atoms with E-state index in [-0.39, 0.29) is 6.04 Å². The quantitative estimate of drug-likeness (QED) is 0.863. The molecule has 100 valence electrons. The van der Waals surface area contributed by atoms with Crippen molar-refractivity contribution in [1.82, 2.24) is 9.97 Å². The number of aromatic nitrogens is 2. The molecule has 4 nitrogen and oxygen atoms in total. The molecule has 19 heavy (non-hydrogen) atoms.